The van der Waals surface area contributed by atoms with Crippen molar-refractivity contribution in [2.75, 3.05) is 12.8 Å². The Morgan fingerprint density at radius 1 is 1.43 bits per heavy atom. The van der Waals surface area contributed by atoms with E-state index < -0.39 is 11.6 Å². The summed E-state index contributed by atoms with van der Waals surface area (Å²) in [4.78, 5) is 25.9. The van der Waals surface area contributed by atoms with Crippen molar-refractivity contribution in [2.45, 2.75) is 44.2 Å². The Morgan fingerprint density at radius 2 is 2.10 bits per heavy atom. The minimum atomic E-state index is -0.789. The number of thiophene rings is 1. The Bertz CT molecular complexity index is 493. The van der Waals surface area contributed by atoms with Crippen LogP contribution in [0.15, 0.2) is 16.3 Å². The van der Waals surface area contributed by atoms with Crippen molar-refractivity contribution >= 4 is 35.2 Å². The molecule has 0 spiro atoms. The number of carbonyl (C=O) groups excluding carboxylic acids is 1. The molecule has 1 aromatic rings. The van der Waals surface area contributed by atoms with Crippen molar-refractivity contribution in [3.8, 4) is 0 Å². The number of carboxylic acids is 1. The number of hydrogen-bond acceptors (Lipinski definition) is 5. The number of aliphatic carboxylic acids is 1. The van der Waals surface area contributed by atoms with Crippen LogP contribution in [0.25, 0.3) is 0 Å². The van der Waals surface area contributed by atoms with Gasteiger partial charge in [0.2, 0.25) is 0 Å². The smallest absolute Gasteiger partial charge is 0.410 e. The first kappa shape index (κ1) is 17.8. The molecule has 1 N–H and O–H groups in total. The second-order valence-electron chi connectivity index (χ2n) is 5.58. The second-order valence-corrected chi connectivity index (χ2v) is 7.74. The largest absolute Gasteiger partial charge is 0.481 e. The van der Waals surface area contributed by atoms with Gasteiger partial charge < -0.3 is 14.7 Å². The third kappa shape index (κ3) is 7.38. The Morgan fingerprint density at radius 3 is 2.67 bits per heavy atom. The quantitative estimate of drug-likeness (QED) is 0.805. The van der Waals surface area contributed by atoms with Gasteiger partial charge in [-0.1, -0.05) is 0 Å². The molecule has 118 valence electrons. The molecule has 1 rings (SSSR count). The van der Waals surface area contributed by atoms with Crippen molar-refractivity contribution in [2.24, 2.45) is 0 Å². The summed E-state index contributed by atoms with van der Waals surface area (Å²) in [5.74, 6) is -0.240. The molecule has 0 atom stereocenters. The average molecular weight is 331 g/mol. The van der Waals surface area contributed by atoms with Gasteiger partial charge in [-0.2, -0.15) is 0 Å². The summed E-state index contributed by atoms with van der Waals surface area (Å²) in [5.41, 5.74) is -0.501. The Kier molecular flexibility index (Phi) is 6.54. The summed E-state index contributed by atoms with van der Waals surface area (Å²) in [5, 5.41) is 10.6. The minimum absolute atomic E-state index is 0.146. The van der Waals surface area contributed by atoms with E-state index in [-0.39, 0.29) is 12.5 Å². The first-order valence-corrected chi connectivity index (χ1v) is 8.40. The molecule has 0 radical (unpaired) electrons. The molecule has 0 aliphatic heterocycles. The molecule has 0 aliphatic carbocycles. The number of carbonyl (C=O) groups is 2. The first-order chi connectivity index (χ1) is 9.67. The molecule has 5 nitrogen and oxygen atoms in total. The molecule has 0 unspecified atom stereocenters. The third-order valence-corrected chi connectivity index (χ3v) is 4.36. The van der Waals surface area contributed by atoms with Gasteiger partial charge in [-0.3, -0.25) is 4.79 Å². The van der Waals surface area contributed by atoms with Gasteiger partial charge in [-0.05, 0) is 26.8 Å². The summed E-state index contributed by atoms with van der Waals surface area (Å²) < 4.78 is 5.29. The molecule has 0 bridgehead atoms. The summed E-state index contributed by atoms with van der Waals surface area (Å²) in [6.45, 7) is 5.99. The van der Waals surface area contributed by atoms with Crippen LogP contribution in [0, 0.1) is 0 Å². The predicted molar refractivity (Wildman–Crippen MR) is 85.0 cm³/mol. The maximum atomic E-state index is 11.9. The highest BCUT2D eigenvalue weighted by atomic mass is 32.2. The van der Waals surface area contributed by atoms with Gasteiger partial charge in [0.25, 0.3) is 0 Å². The Balaban J connectivity index is 2.46. The van der Waals surface area contributed by atoms with E-state index in [1.807, 2.05) is 32.2 Å². The van der Waals surface area contributed by atoms with Crippen molar-refractivity contribution in [3.05, 3.63) is 16.3 Å². The van der Waals surface area contributed by atoms with Crippen molar-refractivity contribution < 1.29 is 19.4 Å². The van der Waals surface area contributed by atoms with Crippen LogP contribution >= 0.6 is 23.1 Å². The van der Waals surface area contributed by atoms with Crippen LogP contribution in [-0.4, -0.2) is 40.5 Å². The molecule has 21 heavy (non-hydrogen) atoms. The highest BCUT2D eigenvalue weighted by Crippen LogP contribution is 2.26. The zero-order valence-corrected chi connectivity index (χ0v) is 14.3. The van der Waals surface area contributed by atoms with Crippen LogP contribution in [0.4, 0.5) is 4.79 Å². The SMILES string of the molecule is CN(Cc1cc(SCCC(=O)O)cs1)C(=O)OC(C)(C)C. The summed E-state index contributed by atoms with van der Waals surface area (Å²) in [7, 11) is 1.70. The molecule has 0 aliphatic rings. The normalized spacial score (nSPS) is 11.2. The van der Waals surface area contributed by atoms with E-state index in [0.29, 0.717) is 12.3 Å². The number of nitrogens with zero attached hydrogens (tertiary/aromatic N) is 1. The predicted octanol–water partition coefficient (Wildman–Crippen LogP) is 3.68. The van der Waals surface area contributed by atoms with Crippen LogP contribution in [0.5, 0.6) is 0 Å². The van der Waals surface area contributed by atoms with E-state index in [1.165, 1.54) is 16.7 Å². The second kappa shape index (κ2) is 7.70. The van der Waals surface area contributed by atoms with E-state index in [4.69, 9.17) is 9.84 Å². The first-order valence-electron chi connectivity index (χ1n) is 6.53. The molecule has 7 heteroatoms. The fourth-order valence-corrected chi connectivity index (χ4v) is 3.44. The van der Waals surface area contributed by atoms with Gasteiger partial charge in [0.05, 0.1) is 13.0 Å². The van der Waals surface area contributed by atoms with Gasteiger partial charge in [-0.25, -0.2) is 4.79 Å². The topological polar surface area (TPSA) is 66.8 Å². The lowest BCUT2D eigenvalue weighted by Crippen LogP contribution is -2.33. The number of ether oxygens (including phenoxy) is 1. The number of amides is 1. The number of hydrogen-bond donors (Lipinski definition) is 1. The molecular weight excluding hydrogens is 310 g/mol. The fourth-order valence-electron chi connectivity index (χ4n) is 1.41. The van der Waals surface area contributed by atoms with Crippen LogP contribution in [0.2, 0.25) is 0 Å². The molecule has 0 aromatic carbocycles. The maximum Gasteiger partial charge on any atom is 0.410 e. The Labute approximate surface area is 133 Å². The highest BCUT2D eigenvalue weighted by Gasteiger charge is 2.20. The van der Waals surface area contributed by atoms with Crippen molar-refractivity contribution in [1.29, 1.82) is 0 Å². The summed E-state index contributed by atoms with van der Waals surface area (Å²) in [6.07, 6.45) is -0.204. The highest BCUT2D eigenvalue weighted by molar-refractivity contribution is 7.99. The van der Waals surface area contributed by atoms with E-state index in [1.54, 1.807) is 18.4 Å². The molecule has 1 aromatic heterocycles. The number of rotatable bonds is 6. The lowest BCUT2D eigenvalue weighted by Gasteiger charge is -2.24. The summed E-state index contributed by atoms with van der Waals surface area (Å²) in [6, 6.07) is 1.98. The van der Waals surface area contributed by atoms with E-state index >= 15 is 0 Å². The zero-order valence-electron chi connectivity index (χ0n) is 12.7. The van der Waals surface area contributed by atoms with Gasteiger partial charge in [0.1, 0.15) is 5.60 Å². The number of carboxylic acid groups (broad SMARTS) is 1. The zero-order chi connectivity index (χ0) is 16.0. The maximum absolute atomic E-state index is 11.9. The van der Waals surface area contributed by atoms with Gasteiger partial charge in [-0.15, -0.1) is 23.1 Å². The van der Waals surface area contributed by atoms with E-state index in [0.717, 1.165) is 9.77 Å². The average Bonchev–Trinajstić information content (AvgIpc) is 2.74. The minimum Gasteiger partial charge on any atom is -0.481 e. The van der Waals surface area contributed by atoms with E-state index in [2.05, 4.69) is 0 Å². The third-order valence-electron chi connectivity index (χ3n) is 2.31. The van der Waals surface area contributed by atoms with E-state index in [9.17, 15) is 9.59 Å². The monoisotopic (exact) mass is 331 g/mol. The summed E-state index contributed by atoms with van der Waals surface area (Å²) >= 11 is 3.06. The standard InChI is InChI=1S/C14H21NO4S2/c1-14(2,3)19-13(18)15(4)8-10-7-11(9-21-10)20-6-5-12(16)17/h7,9H,5-6,8H2,1-4H3,(H,16,17). The van der Waals surface area contributed by atoms with Gasteiger partial charge >= 0.3 is 12.1 Å². The molecular formula is C14H21NO4S2. The Hall–Kier alpha value is -1.21. The molecule has 1 amide bonds. The molecule has 0 saturated heterocycles. The van der Waals surface area contributed by atoms with Crippen LogP contribution < -0.4 is 0 Å². The van der Waals surface area contributed by atoms with Crippen molar-refractivity contribution in [1.82, 2.24) is 4.90 Å². The molecule has 0 saturated carbocycles. The molecule has 0 fully saturated rings. The van der Waals surface area contributed by atoms with Crippen LogP contribution in [0.3, 0.4) is 0 Å². The van der Waals surface area contributed by atoms with Crippen LogP contribution in [0.1, 0.15) is 32.1 Å². The van der Waals surface area contributed by atoms with Gasteiger partial charge in [0, 0.05) is 28.0 Å². The van der Waals surface area contributed by atoms with Crippen LogP contribution in [-0.2, 0) is 16.1 Å². The number of thioether (sulfide) groups is 1. The lowest BCUT2D eigenvalue weighted by atomic mass is 10.2. The lowest BCUT2D eigenvalue weighted by molar-refractivity contribution is -0.136. The van der Waals surface area contributed by atoms with Crippen molar-refractivity contribution in [3.63, 3.8) is 0 Å². The molecule has 1 heterocycles. The van der Waals surface area contributed by atoms with Gasteiger partial charge in [0.15, 0.2) is 0 Å². The fraction of sp³-hybridized carbons (Fsp3) is 0.571.